The third-order valence-electron chi connectivity index (χ3n) is 3.02. The molecule has 118 valence electrons. The number of sulfonamides is 1. The van der Waals surface area contributed by atoms with Crippen molar-refractivity contribution in [3.63, 3.8) is 0 Å². The van der Waals surface area contributed by atoms with Crippen LogP contribution in [0.2, 0.25) is 0 Å². The van der Waals surface area contributed by atoms with Crippen molar-refractivity contribution in [2.75, 3.05) is 25.4 Å². The van der Waals surface area contributed by atoms with Gasteiger partial charge in [0.2, 0.25) is 15.9 Å². The van der Waals surface area contributed by atoms with Gasteiger partial charge in [-0.2, -0.15) is 0 Å². The quantitative estimate of drug-likeness (QED) is 0.705. The van der Waals surface area contributed by atoms with E-state index in [-0.39, 0.29) is 23.8 Å². The van der Waals surface area contributed by atoms with Gasteiger partial charge in [-0.25, -0.2) is 13.1 Å². The third-order valence-corrected chi connectivity index (χ3v) is 5.21. The van der Waals surface area contributed by atoms with Gasteiger partial charge in [-0.05, 0) is 48.0 Å². The number of hydrogen-bond donors (Lipinski definition) is 2. The molecule has 0 saturated heterocycles. The molecular formula is C13H20BrN3O3S. The van der Waals surface area contributed by atoms with Gasteiger partial charge in [0, 0.05) is 36.2 Å². The van der Waals surface area contributed by atoms with Gasteiger partial charge >= 0.3 is 0 Å². The second-order valence-electron chi connectivity index (χ2n) is 4.40. The molecule has 0 aliphatic rings. The number of nitrogens with one attached hydrogen (secondary N) is 1. The van der Waals surface area contributed by atoms with Crippen LogP contribution in [-0.4, -0.2) is 38.9 Å². The van der Waals surface area contributed by atoms with Gasteiger partial charge < -0.3 is 10.6 Å². The third kappa shape index (κ3) is 4.98. The zero-order chi connectivity index (χ0) is 16.0. The van der Waals surface area contributed by atoms with Gasteiger partial charge in [0.25, 0.3) is 0 Å². The fourth-order valence-electron chi connectivity index (χ4n) is 1.80. The minimum Gasteiger partial charge on any atom is -0.398 e. The number of nitrogens with two attached hydrogens (primary N) is 1. The highest BCUT2D eigenvalue weighted by molar-refractivity contribution is 9.10. The minimum atomic E-state index is -3.66. The second-order valence-corrected chi connectivity index (χ2v) is 7.02. The van der Waals surface area contributed by atoms with E-state index >= 15 is 0 Å². The standard InChI is InChI=1S/C13H20BrN3O3S/c1-3-17(4-2)13(18)7-8-16-21(19,20)10-5-6-11(14)12(15)9-10/h5-6,9,16H,3-4,7-8,15H2,1-2H3. The lowest BCUT2D eigenvalue weighted by molar-refractivity contribution is -0.130. The normalized spacial score (nSPS) is 11.4. The predicted octanol–water partition coefficient (Wildman–Crippen LogP) is 1.57. The van der Waals surface area contributed by atoms with Crippen molar-refractivity contribution in [3.8, 4) is 0 Å². The Labute approximate surface area is 133 Å². The van der Waals surface area contributed by atoms with Crippen molar-refractivity contribution >= 4 is 37.5 Å². The highest BCUT2D eigenvalue weighted by atomic mass is 79.9. The van der Waals surface area contributed by atoms with Crippen LogP contribution in [0.4, 0.5) is 5.69 Å². The highest BCUT2D eigenvalue weighted by Crippen LogP contribution is 2.22. The Hall–Kier alpha value is -1.12. The van der Waals surface area contributed by atoms with Crippen LogP contribution < -0.4 is 10.5 Å². The lowest BCUT2D eigenvalue weighted by Crippen LogP contribution is -2.34. The number of anilines is 1. The van der Waals surface area contributed by atoms with Crippen LogP contribution in [0.15, 0.2) is 27.6 Å². The summed E-state index contributed by atoms with van der Waals surface area (Å²) in [7, 11) is -3.66. The lowest BCUT2D eigenvalue weighted by Gasteiger charge is -2.18. The van der Waals surface area contributed by atoms with Crippen molar-refractivity contribution in [2.24, 2.45) is 0 Å². The van der Waals surface area contributed by atoms with E-state index in [0.29, 0.717) is 23.2 Å². The van der Waals surface area contributed by atoms with Crippen molar-refractivity contribution in [1.29, 1.82) is 0 Å². The first-order valence-electron chi connectivity index (χ1n) is 6.64. The molecule has 0 aliphatic carbocycles. The van der Waals surface area contributed by atoms with Crippen LogP contribution in [0.25, 0.3) is 0 Å². The summed E-state index contributed by atoms with van der Waals surface area (Å²) < 4.78 is 27.2. The molecule has 1 rings (SSSR count). The molecule has 0 aromatic heterocycles. The molecule has 21 heavy (non-hydrogen) atoms. The molecule has 0 spiro atoms. The fraction of sp³-hybridized carbons (Fsp3) is 0.462. The summed E-state index contributed by atoms with van der Waals surface area (Å²) in [5, 5.41) is 0. The Bertz CT molecular complexity index is 601. The van der Waals surface area contributed by atoms with Crippen LogP contribution in [-0.2, 0) is 14.8 Å². The molecule has 3 N–H and O–H groups in total. The van der Waals surface area contributed by atoms with Crippen LogP contribution in [0.5, 0.6) is 0 Å². The van der Waals surface area contributed by atoms with E-state index in [9.17, 15) is 13.2 Å². The summed E-state index contributed by atoms with van der Waals surface area (Å²) in [5.41, 5.74) is 6.01. The molecule has 0 heterocycles. The molecule has 1 amide bonds. The van der Waals surface area contributed by atoms with Gasteiger partial charge in [0.05, 0.1) is 4.90 Å². The summed E-state index contributed by atoms with van der Waals surface area (Å²) in [6, 6.07) is 4.40. The summed E-state index contributed by atoms with van der Waals surface area (Å²) in [6.07, 6.45) is 0.132. The number of carbonyl (C=O) groups is 1. The maximum Gasteiger partial charge on any atom is 0.240 e. The van der Waals surface area contributed by atoms with Crippen LogP contribution in [0.1, 0.15) is 20.3 Å². The van der Waals surface area contributed by atoms with Crippen molar-refractivity contribution in [1.82, 2.24) is 9.62 Å². The monoisotopic (exact) mass is 377 g/mol. The number of carbonyl (C=O) groups excluding carboxylic acids is 1. The Kier molecular flexibility index (Phi) is 6.63. The second kappa shape index (κ2) is 7.77. The average molecular weight is 378 g/mol. The van der Waals surface area contributed by atoms with Crippen LogP contribution in [0.3, 0.4) is 0 Å². The Morgan fingerprint density at radius 2 is 1.95 bits per heavy atom. The van der Waals surface area contributed by atoms with Gasteiger partial charge in [-0.3, -0.25) is 4.79 Å². The van der Waals surface area contributed by atoms with Crippen molar-refractivity contribution < 1.29 is 13.2 Å². The molecule has 0 radical (unpaired) electrons. The number of nitrogens with zero attached hydrogens (tertiary/aromatic N) is 1. The van der Waals surface area contributed by atoms with Crippen molar-refractivity contribution in [3.05, 3.63) is 22.7 Å². The van der Waals surface area contributed by atoms with Crippen LogP contribution in [0, 0.1) is 0 Å². The maximum absolute atomic E-state index is 12.1. The molecule has 0 atom stereocenters. The molecule has 0 aliphatic heterocycles. The van der Waals surface area contributed by atoms with E-state index < -0.39 is 10.0 Å². The van der Waals surface area contributed by atoms with E-state index in [1.165, 1.54) is 12.1 Å². The van der Waals surface area contributed by atoms with Gasteiger partial charge in [0.15, 0.2) is 0 Å². The summed E-state index contributed by atoms with van der Waals surface area (Å²) in [6.45, 7) is 5.07. The van der Waals surface area contributed by atoms with Gasteiger partial charge in [-0.1, -0.05) is 0 Å². The first-order chi connectivity index (χ1) is 9.81. The van der Waals surface area contributed by atoms with Gasteiger partial charge in [0.1, 0.15) is 0 Å². The van der Waals surface area contributed by atoms with E-state index in [0.717, 1.165) is 0 Å². The lowest BCUT2D eigenvalue weighted by atomic mass is 10.3. The SMILES string of the molecule is CCN(CC)C(=O)CCNS(=O)(=O)c1ccc(Br)c(N)c1. The predicted molar refractivity (Wildman–Crippen MR) is 86.3 cm³/mol. The molecule has 0 saturated carbocycles. The maximum atomic E-state index is 12.1. The Morgan fingerprint density at radius 1 is 1.33 bits per heavy atom. The number of amides is 1. The van der Waals surface area contributed by atoms with Crippen molar-refractivity contribution in [2.45, 2.75) is 25.2 Å². The average Bonchev–Trinajstić information content (AvgIpc) is 2.43. The number of nitrogen functional groups attached to an aromatic ring is 1. The highest BCUT2D eigenvalue weighted by Gasteiger charge is 2.16. The number of benzene rings is 1. The first kappa shape index (κ1) is 17.9. The molecule has 0 fully saturated rings. The molecular weight excluding hydrogens is 358 g/mol. The molecule has 0 unspecified atom stereocenters. The Balaban J connectivity index is 2.65. The van der Waals surface area contributed by atoms with E-state index in [1.54, 1.807) is 11.0 Å². The minimum absolute atomic E-state index is 0.0631. The summed E-state index contributed by atoms with van der Waals surface area (Å²) >= 11 is 3.21. The molecule has 1 aromatic rings. The number of hydrogen-bond acceptors (Lipinski definition) is 4. The van der Waals surface area contributed by atoms with Gasteiger partial charge in [-0.15, -0.1) is 0 Å². The number of rotatable bonds is 7. The number of halogens is 1. The zero-order valence-corrected chi connectivity index (χ0v) is 14.5. The Morgan fingerprint density at radius 3 is 2.48 bits per heavy atom. The topological polar surface area (TPSA) is 92.5 Å². The van der Waals surface area contributed by atoms with E-state index in [1.807, 2.05) is 13.8 Å². The first-order valence-corrected chi connectivity index (χ1v) is 8.91. The molecule has 1 aromatic carbocycles. The summed E-state index contributed by atoms with van der Waals surface area (Å²) in [5.74, 6) is -0.0713. The summed E-state index contributed by atoms with van der Waals surface area (Å²) in [4.78, 5) is 13.5. The largest absolute Gasteiger partial charge is 0.398 e. The fourth-order valence-corrected chi connectivity index (χ4v) is 3.11. The smallest absolute Gasteiger partial charge is 0.240 e. The van der Waals surface area contributed by atoms with E-state index in [4.69, 9.17) is 5.73 Å². The molecule has 6 nitrogen and oxygen atoms in total. The van der Waals surface area contributed by atoms with Crippen LogP contribution >= 0.6 is 15.9 Å². The molecule has 0 bridgehead atoms. The zero-order valence-electron chi connectivity index (χ0n) is 12.1. The molecule has 8 heteroatoms. The van der Waals surface area contributed by atoms with E-state index in [2.05, 4.69) is 20.7 Å².